The van der Waals surface area contributed by atoms with Crippen LogP contribution < -0.4 is 0 Å². The predicted octanol–water partition coefficient (Wildman–Crippen LogP) is 5.74. The zero-order valence-electron chi connectivity index (χ0n) is 15.0. The summed E-state index contributed by atoms with van der Waals surface area (Å²) < 4.78 is 16.8. The Kier molecular flexibility index (Phi) is 6.61. The molecule has 0 N–H and O–H groups in total. The van der Waals surface area contributed by atoms with E-state index in [2.05, 4.69) is 21.2 Å². The van der Waals surface area contributed by atoms with Gasteiger partial charge in [0.05, 0.1) is 25.2 Å². The van der Waals surface area contributed by atoms with Crippen molar-refractivity contribution < 1.29 is 9.00 Å². The van der Waals surface area contributed by atoms with Gasteiger partial charge >= 0.3 is 0 Å². The fourth-order valence-electron chi connectivity index (χ4n) is 2.34. The van der Waals surface area contributed by atoms with Gasteiger partial charge in [-0.15, -0.1) is 0 Å². The number of benzene rings is 2. The molecule has 0 aliphatic heterocycles. The zero-order valence-corrected chi connectivity index (χ0v) is 18.1. The Balaban J connectivity index is 1.93. The van der Waals surface area contributed by atoms with E-state index in [-0.39, 0.29) is 10.5 Å². The Morgan fingerprint density at radius 1 is 1.00 bits per heavy atom. The molecule has 29 heavy (non-hydrogen) atoms. The van der Waals surface area contributed by atoms with Crippen molar-refractivity contribution in [3.05, 3.63) is 92.7 Å². The SMILES string of the molecule is CS(=O)(=NC(=O)c1cncc(C#Cc2ccccc2Cl)c1)c1cc(Cl)cc(Cl)c1. The third-order valence-electron chi connectivity index (χ3n) is 3.73. The number of nitrogens with zero attached hydrogens (tertiary/aromatic N) is 2. The molecule has 4 nitrogen and oxygen atoms in total. The number of rotatable bonds is 2. The number of pyridine rings is 1. The third-order valence-corrected chi connectivity index (χ3v) is 6.12. The average Bonchev–Trinajstić information content (AvgIpc) is 2.66. The van der Waals surface area contributed by atoms with Gasteiger partial charge in [0.2, 0.25) is 0 Å². The first kappa shape index (κ1) is 21.4. The highest BCUT2D eigenvalue weighted by atomic mass is 35.5. The highest BCUT2D eigenvalue weighted by molar-refractivity contribution is 7.93. The van der Waals surface area contributed by atoms with Gasteiger partial charge in [-0.05, 0) is 36.4 Å². The minimum Gasteiger partial charge on any atom is -0.266 e. The van der Waals surface area contributed by atoms with E-state index in [1.165, 1.54) is 42.9 Å². The monoisotopic (exact) mass is 462 g/mol. The third kappa shape index (κ3) is 5.59. The molecule has 3 aromatic rings. The lowest BCUT2D eigenvalue weighted by molar-refractivity contribution is 0.100. The van der Waals surface area contributed by atoms with E-state index in [0.717, 1.165) is 0 Å². The minimum atomic E-state index is -3.05. The summed E-state index contributed by atoms with van der Waals surface area (Å²) in [6.07, 6.45) is 4.20. The minimum absolute atomic E-state index is 0.165. The fraction of sp³-hybridized carbons (Fsp3) is 0.0476. The quantitative estimate of drug-likeness (QED) is 0.455. The molecule has 1 unspecified atom stereocenters. The maximum Gasteiger partial charge on any atom is 0.286 e. The number of hydrogen-bond acceptors (Lipinski definition) is 3. The van der Waals surface area contributed by atoms with Crippen LogP contribution in [0.4, 0.5) is 0 Å². The number of amides is 1. The van der Waals surface area contributed by atoms with Crippen LogP contribution in [0.5, 0.6) is 0 Å². The number of carbonyl (C=O) groups excluding carboxylic acids is 1. The first-order chi connectivity index (χ1) is 13.7. The summed E-state index contributed by atoms with van der Waals surface area (Å²) in [6, 6.07) is 13.1. The van der Waals surface area contributed by atoms with Crippen molar-refractivity contribution >= 4 is 50.4 Å². The molecular weight excluding hydrogens is 451 g/mol. The molecule has 1 atom stereocenters. The van der Waals surface area contributed by atoms with E-state index in [9.17, 15) is 9.00 Å². The first-order valence-electron chi connectivity index (χ1n) is 8.19. The van der Waals surface area contributed by atoms with E-state index in [1.54, 1.807) is 12.1 Å². The molecule has 0 aliphatic rings. The maximum absolute atomic E-state index is 12.9. The van der Waals surface area contributed by atoms with Gasteiger partial charge in [0, 0.05) is 39.8 Å². The molecular formula is C21H13Cl3N2O2S. The predicted molar refractivity (Wildman–Crippen MR) is 117 cm³/mol. The van der Waals surface area contributed by atoms with Crippen molar-refractivity contribution in [1.82, 2.24) is 4.98 Å². The van der Waals surface area contributed by atoms with Gasteiger partial charge in [0.1, 0.15) is 0 Å². The lowest BCUT2D eigenvalue weighted by Gasteiger charge is -2.05. The molecule has 0 bridgehead atoms. The van der Waals surface area contributed by atoms with Crippen LogP contribution in [0.15, 0.2) is 70.2 Å². The highest BCUT2D eigenvalue weighted by Crippen LogP contribution is 2.23. The van der Waals surface area contributed by atoms with Crippen LogP contribution in [0.25, 0.3) is 0 Å². The van der Waals surface area contributed by atoms with Gasteiger partial charge < -0.3 is 0 Å². The van der Waals surface area contributed by atoms with Crippen LogP contribution in [0.3, 0.4) is 0 Å². The van der Waals surface area contributed by atoms with E-state index in [4.69, 9.17) is 34.8 Å². The largest absolute Gasteiger partial charge is 0.286 e. The summed E-state index contributed by atoms with van der Waals surface area (Å²) in [4.78, 5) is 16.9. The van der Waals surface area contributed by atoms with Crippen molar-refractivity contribution in [1.29, 1.82) is 0 Å². The molecule has 2 aromatic carbocycles. The Morgan fingerprint density at radius 3 is 2.38 bits per heavy atom. The Hall–Kier alpha value is -2.36. The highest BCUT2D eigenvalue weighted by Gasteiger charge is 2.13. The summed E-state index contributed by atoms with van der Waals surface area (Å²) in [7, 11) is -3.05. The molecule has 0 saturated carbocycles. The van der Waals surface area contributed by atoms with E-state index < -0.39 is 15.6 Å². The van der Waals surface area contributed by atoms with Crippen LogP contribution in [0.2, 0.25) is 15.1 Å². The molecule has 0 fully saturated rings. The molecule has 0 saturated heterocycles. The topological polar surface area (TPSA) is 59.4 Å². The molecule has 0 spiro atoms. The van der Waals surface area contributed by atoms with Gasteiger partial charge in [0.25, 0.3) is 5.91 Å². The summed E-state index contributed by atoms with van der Waals surface area (Å²) in [5.41, 5.74) is 1.32. The van der Waals surface area contributed by atoms with Crippen molar-refractivity contribution in [3.8, 4) is 11.8 Å². The summed E-state index contributed by atoms with van der Waals surface area (Å²) in [5, 5.41) is 1.15. The summed E-state index contributed by atoms with van der Waals surface area (Å²) >= 11 is 18.0. The standard InChI is InChI=1S/C21H13Cl3N2O2S/c1-29(28,19-10-17(22)9-18(23)11-19)26-21(27)16-8-14(12-25-13-16)6-7-15-4-2-3-5-20(15)24/h2-5,8-13H,1H3. The zero-order chi connectivity index (χ0) is 21.0. The molecule has 8 heteroatoms. The van der Waals surface area contributed by atoms with E-state index >= 15 is 0 Å². The normalized spacial score (nSPS) is 12.4. The molecule has 1 amide bonds. The summed E-state index contributed by atoms with van der Waals surface area (Å²) in [6.45, 7) is 0. The fourth-order valence-corrected chi connectivity index (χ4v) is 4.40. The van der Waals surface area contributed by atoms with Gasteiger partial charge in [-0.2, -0.15) is 4.36 Å². The average molecular weight is 464 g/mol. The second-order valence-corrected chi connectivity index (χ2v) is 9.54. The molecule has 1 aromatic heterocycles. The summed E-state index contributed by atoms with van der Waals surface area (Å²) in [5.74, 6) is 5.16. The van der Waals surface area contributed by atoms with Gasteiger partial charge in [-0.1, -0.05) is 58.8 Å². The Bertz CT molecular complexity index is 1270. The van der Waals surface area contributed by atoms with Crippen LogP contribution in [0, 0.1) is 11.8 Å². The lowest BCUT2D eigenvalue weighted by atomic mass is 10.1. The smallest absolute Gasteiger partial charge is 0.266 e. The second kappa shape index (κ2) is 8.98. The van der Waals surface area contributed by atoms with Crippen LogP contribution >= 0.6 is 34.8 Å². The van der Waals surface area contributed by atoms with Crippen LogP contribution in [-0.4, -0.2) is 21.4 Å². The van der Waals surface area contributed by atoms with Crippen molar-refractivity contribution in [3.63, 3.8) is 0 Å². The number of aromatic nitrogens is 1. The van der Waals surface area contributed by atoms with E-state index in [0.29, 0.717) is 26.2 Å². The molecule has 3 rings (SSSR count). The molecule has 0 radical (unpaired) electrons. The molecule has 0 aliphatic carbocycles. The van der Waals surface area contributed by atoms with Gasteiger partial charge in [-0.3, -0.25) is 9.78 Å². The van der Waals surface area contributed by atoms with Crippen molar-refractivity contribution in [2.24, 2.45) is 4.36 Å². The van der Waals surface area contributed by atoms with E-state index in [1.807, 2.05) is 12.1 Å². The maximum atomic E-state index is 12.9. The number of carbonyl (C=O) groups is 1. The number of halogens is 3. The number of hydrogen-bond donors (Lipinski definition) is 0. The molecule has 1 heterocycles. The van der Waals surface area contributed by atoms with Crippen molar-refractivity contribution in [2.45, 2.75) is 4.90 Å². The first-order valence-corrected chi connectivity index (χ1v) is 11.2. The van der Waals surface area contributed by atoms with Crippen LogP contribution in [-0.2, 0) is 9.73 Å². The van der Waals surface area contributed by atoms with Crippen molar-refractivity contribution in [2.75, 3.05) is 6.26 Å². The van der Waals surface area contributed by atoms with Gasteiger partial charge in [0.15, 0.2) is 0 Å². The Morgan fingerprint density at radius 2 is 1.69 bits per heavy atom. The van der Waals surface area contributed by atoms with Gasteiger partial charge in [-0.25, -0.2) is 4.21 Å². The lowest BCUT2D eigenvalue weighted by Crippen LogP contribution is -2.04. The molecule has 146 valence electrons. The van der Waals surface area contributed by atoms with Crippen LogP contribution in [0.1, 0.15) is 21.5 Å². The second-order valence-electron chi connectivity index (χ2n) is 6.00. The Labute approximate surface area is 184 Å².